The Morgan fingerprint density at radius 2 is 2.31 bits per heavy atom. The Labute approximate surface area is 86.9 Å². The van der Waals surface area contributed by atoms with Gasteiger partial charge in [-0.15, -0.1) is 11.3 Å². The monoisotopic (exact) mass is 217 g/mol. The van der Waals surface area contributed by atoms with E-state index in [0.717, 1.165) is 18.9 Å². The predicted octanol–water partition coefficient (Wildman–Crippen LogP) is 1.55. The van der Waals surface area contributed by atoms with Crippen molar-refractivity contribution in [2.45, 2.75) is 6.04 Å². The number of thiazole rings is 1. The lowest BCUT2D eigenvalue weighted by Crippen LogP contribution is -2.57. The van der Waals surface area contributed by atoms with Gasteiger partial charge in [0.1, 0.15) is 5.82 Å². The van der Waals surface area contributed by atoms with Crippen LogP contribution in [0.3, 0.4) is 0 Å². The molecule has 0 spiro atoms. The molecule has 0 aliphatic carbocycles. The van der Waals surface area contributed by atoms with E-state index in [1.165, 1.54) is 11.3 Å². The zero-order chi connectivity index (χ0) is 9.42. The highest BCUT2D eigenvalue weighted by molar-refractivity contribution is 7.14. The summed E-state index contributed by atoms with van der Waals surface area (Å²) in [6.07, 6.45) is 0. The quantitative estimate of drug-likeness (QED) is 0.750. The summed E-state index contributed by atoms with van der Waals surface area (Å²) in [6.45, 7) is 2.13. The third kappa shape index (κ3) is 1.80. The normalized spacial score (nSPS) is 18.0. The molecule has 2 heterocycles. The number of nitrogens with zero attached hydrogens (tertiary/aromatic N) is 3. The molecule has 0 radical (unpaired) electrons. The Morgan fingerprint density at radius 3 is 2.77 bits per heavy atom. The number of hydrogen-bond acceptors (Lipinski definition) is 4. The third-order valence-corrected chi connectivity index (χ3v) is 3.35. The molecule has 0 N–H and O–H groups in total. The van der Waals surface area contributed by atoms with Gasteiger partial charge in [-0.1, -0.05) is 11.6 Å². The molecule has 2 rings (SSSR count). The van der Waals surface area contributed by atoms with Crippen LogP contribution in [0, 0.1) is 0 Å². The summed E-state index contributed by atoms with van der Waals surface area (Å²) in [6, 6.07) is 0.667. The molecule has 0 atom stereocenters. The van der Waals surface area contributed by atoms with E-state index in [-0.39, 0.29) is 0 Å². The van der Waals surface area contributed by atoms with Gasteiger partial charge in [0.25, 0.3) is 0 Å². The summed E-state index contributed by atoms with van der Waals surface area (Å²) >= 11 is 7.25. The lowest BCUT2D eigenvalue weighted by Gasteiger charge is -2.42. The smallest absolute Gasteiger partial charge is 0.185 e. The predicted molar refractivity (Wildman–Crippen MR) is 56.8 cm³/mol. The highest BCUT2D eigenvalue weighted by Gasteiger charge is 2.29. The van der Waals surface area contributed by atoms with Crippen molar-refractivity contribution < 1.29 is 0 Å². The Morgan fingerprint density at radius 1 is 1.62 bits per heavy atom. The first-order chi connectivity index (χ1) is 6.16. The molecule has 3 nitrogen and oxygen atoms in total. The van der Waals surface area contributed by atoms with Crippen molar-refractivity contribution >= 4 is 28.8 Å². The number of rotatable bonds is 2. The molecule has 1 fully saturated rings. The van der Waals surface area contributed by atoms with Gasteiger partial charge in [0, 0.05) is 24.5 Å². The largest absolute Gasteiger partial charge is 0.353 e. The van der Waals surface area contributed by atoms with Crippen LogP contribution in [0.1, 0.15) is 0 Å². The lowest BCUT2D eigenvalue weighted by molar-refractivity contribution is 0.246. The van der Waals surface area contributed by atoms with Gasteiger partial charge in [0.2, 0.25) is 0 Å². The number of likely N-dealkylation sites (N-methyl/N-ethyl adjacent to an activating group) is 1. The zero-order valence-corrected chi connectivity index (χ0v) is 9.27. The van der Waals surface area contributed by atoms with Crippen LogP contribution in [0.4, 0.5) is 5.82 Å². The maximum Gasteiger partial charge on any atom is 0.185 e. The molecule has 5 heteroatoms. The second kappa shape index (κ2) is 3.44. The molecule has 0 amide bonds. The molecule has 1 aliphatic heterocycles. The van der Waals surface area contributed by atoms with Gasteiger partial charge >= 0.3 is 0 Å². The summed E-state index contributed by atoms with van der Waals surface area (Å²) in [7, 11) is 4.21. The van der Waals surface area contributed by atoms with Crippen molar-refractivity contribution in [3.63, 3.8) is 0 Å². The molecule has 1 saturated heterocycles. The van der Waals surface area contributed by atoms with E-state index in [0.29, 0.717) is 10.5 Å². The first-order valence-corrected chi connectivity index (χ1v) is 5.45. The fourth-order valence-electron chi connectivity index (χ4n) is 1.36. The van der Waals surface area contributed by atoms with Crippen molar-refractivity contribution in [1.29, 1.82) is 0 Å². The van der Waals surface area contributed by atoms with Crippen LogP contribution in [0.15, 0.2) is 5.38 Å². The van der Waals surface area contributed by atoms with E-state index in [1.807, 2.05) is 5.38 Å². The molecule has 1 aromatic heterocycles. The Hall–Kier alpha value is -0.320. The van der Waals surface area contributed by atoms with E-state index < -0.39 is 0 Å². The lowest BCUT2D eigenvalue weighted by atomic mass is 10.1. The summed E-state index contributed by atoms with van der Waals surface area (Å²) < 4.78 is 0.628. The van der Waals surface area contributed by atoms with Gasteiger partial charge in [0.05, 0.1) is 0 Å². The van der Waals surface area contributed by atoms with Gasteiger partial charge in [-0.2, -0.15) is 0 Å². The molecular formula is C8H12ClN3S. The molecule has 1 aromatic rings. The number of hydrogen-bond donors (Lipinski definition) is 0. The van der Waals surface area contributed by atoms with E-state index in [4.69, 9.17) is 11.6 Å². The SMILES string of the molecule is CN(C)C1CN(c2csc(Cl)n2)C1. The summed E-state index contributed by atoms with van der Waals surface area (Å²) in [5.41, 5.74) is 0. The number of aromatic nitrogens is 1. The van der Waals surface area contributed by atoms with Crippen LogP contribution >= 0.6 is 22.9 Å². The number of halogens is 1. The molecule has 13 heavy (non-hydrogen) atoms. The fourth-order valence-corrected chi connectivity index (χ4v) is 2.13. The maximum absolute atomic E-state index is 5.75. The van der Waals surface area contributed by atoms with Crippen LogP contribution in [0.2, 0.25) is 4.47 Å². The molecular weight excluding hydrogens is 206 g/mol. The van der Waals surface area contributed by atoms with Gasteiger partial charge in [-0.3, -0.25) is 0 Å². The minimum Gasteiger partial charge on any atom is -0.353 e. The van der Waals surface area contributed by atoms with Crippen LogP contribution in [0.25, 0.3) is 0 Å². The molecule has 0 saturated carbocycles. The van der Waals surface area contributed by atoms with Crippen molar-refractivity contribution in [3.05, 3.63) is 9.85 Å². The van der Waals surface area contributed by atoms with Crippen molar-refractivity contribution in [3.8, 4) is 0 Å². The van der Waals surface area contributed by atoms with E-state index in [9.17, 15) is 0 Å². The molecule has 0 unspecified atom stereocenters. The summed E-state index contributed by atoms with van der Waals surface area (Å²) in [5.74, 6) is 1.02. The molecule has 72 valence electrons. The fraction of sp³-hybridized carbons (Fsp3) is 0.625. The van der Waals surface area contributed by atoms with Gasteiger partial charge in [-0.05, 0) is 14.1 Å². The second-order valence-corrected chi connectivity index (χ2v) is 4.92. The van der Waals surface area contributed by atoms with Crippen molar-refractivity contribution in [2.75, 3.05) is 32.1 Å². The first kappa shape index (κ1) is 9.24. The average Bonchev–Trinajstić information content (AvgIpc) is 2.31. The van der Waals surface area contributed by atoms with Gasteiger partial charge in [0.15, 0.2) is 4.47 Å². The second-order valence-electron chi connectivity index (χ2n) is 3.48. The highest BCUT2D eigenvalue weighted by atomic mass is 35.5. The highest BCUT2D eigenvalue weighted by Crippen LogP contribution is 2.26. The number of anilines is 1. The van der Waals surface area contributed by atoms with Crippen molar-refractivity contribution in [2.24, 2.45) is 0 Å². The third-order valence-electron chi connectivity index (χ3n) is 2.38. The van der Waals surface area contributed by atoms with Crippen LogP contribution in [-0.2, 0) is 0 Å². The maximum atomic E-state index is 5.75. The van der Waals surface area contributed by atoms with Gasteiger partial charge < -0.3 is 9.80 Å². The topological polar surface area (TPSA) is 19.4 Å². The molecule has 1 aliphatic rings. The minimum absolute atomic E-state index is 0.628. The Kier molecular flexibility index (Phi) is 2.45. The Balaban J connectivity index is 1.93. The average molecular weight is 218 g/mol. The van der Waals surface area contributed by atoms with Gasteiger partial charge in [-0.25, -0.2) is 4.98 Å². The minimum atomic E-state index is 0.628. The van der Waals surface area contributed by atoms with Crippen LogP contribution in [0.5, 0.6) is 0 Å². The van der Waals surface area contributed by atoms with E-state index in [1.54, 1.807) is 0 Å². The molecule has 0 aromatic carbocycles. The van der Waals surface area contributed by atoms with Crippen molar-refractivity contribution in [1.82, 2.24) is 9.88 Å². The van der Waals surface area contributed by atoms with E-state index >= 15 is 0 Å². The first-order valence-electron chi connectivity index (χ1n) is 4.19. The Bertz CT molecular complexity index is 293. The molecule has 0 bridgehead atoms. The summed E-state index contributed by atoms with van der Waals surface area (Å²) in [4.78, 5) is 8.70. The van der Waals surface area contributed by atoms with Crippen LogP contribution < -0.4 is 4.90 Å². The zero-order valence-electron chi connectivity index (χ0n) is 7.70. The summed E-state index contributed by atoms with van der Waals surface area (Å²) in [5, 5.41) is 2.01. The van der Waals surface area contributed by atoms with Crippen LogP contribution in [-0.4, -0.2) is 43.1 Å². The standard InChI is InChI=1S/C8H12ClN3S/c1-11(2)6-3-12(4-6)7-5-13-8(9)10-7/h5-6H,3-4H2,1-2H3. The van der Waals surface area contributed by atoms with E-state index in [2.05, 4.69) is 28.9 Å².